The molecule has 2 N–H and O–H groups in total. The van der Waals surface area contributed by atoms with Crippen LogP contribution in [0.1, 0.15) is 40.1 Å². The summed E-state index contributed by atoms with van der Waals surface area (Å²) in [6.45, 7) is 7.29. The van der Waals surface area contributed by atoms with E-state index in [-0.39, 0.29) is 36.0 Å². The number of rotatable bonds is 3. The molecule has 150 valence electrons. The number of aryl methyl sites for hydroxylation is 1. The second-order valence-corrected chi connectivity index (χ2v) is 6.95. The van der Waals surface area contributed by atoms with Crippen molar-refractivity contribution in [1.82, 2.24) is 10.2 Å². The molecule has 2 amide bonds. The van der Waals surface area contributed by atoms with Crippen LogP contribution < -0.4 is 10.6 Å². The lowest BCUT2D eigenvalue weighted by Gasteiger charge is -2.38. The van der Waals surface area contributed by atoms with Crippen LogP contribution in [0, 0.1) is 12.7 Å². The Bertz CT molecular complexity index is 874. The number of piperazine rings is 1. The van der Waals surface area contributed by atoms with Crippen molar-refractivity contribution in [2.75, 3.05) is 18.4 Å². The van der Waals surface area contributed by atoms with Gasteiger partial charge < -0.3 is 15.5 Å². The molecule has 0 saturated carbocycles. The van der Waals surface area contributed by atoms with E-state index in [1.807, 2.05) is 18.7 Å². The van der Waals surface area contributed by atoms with E-state index in [4.69, 9.17) is 0 Å². The molecule has 2 aromatic rings. The van der Waals surface area contributed by atoms with Crippen LogP contribution in [0.4, 0.5) is 10.1 Å². The quantitative estimate of drug-likeness (QED) is 0.819. The van der Waals surface area contributed by atoms with Crippen LogP contribution in [-0.2, 0) is 0 Å². The van der Waals surface area contributed by atoms with E-state index >= 15 is 0 Å². The molecule has 2 atom stereocenters. The number of benzene rings is 2. The van der Waals surface area contributed by atoms with E-state index in [9.17, 15) is 14.0 Å². The lowest BCUT2D eigenvalue weighted by molar-refractivity contribution is 0.0603. The zero-order valence-corrected chi connectivity index (χ0v) is 17.0. The van der Waals surface area contributed by atoms with Gasteiger partial charge >= 0.3 is 0 Å². The number of anilines is 1. The van der Waals surface area contributed by atoms with Crippen molar-refractivity contribution >= 4 is 29.9 Å². The summed E-state index contributed by atoms with van der Waals surface area (Å²) < 4.78 is 13.8. The van der Waals surface area contributed by atoms with Crippen LogP contribution in [0.25, 0.3) is 0 Å². The molecule has 0 spiro atoms. The Morgan fingerprint density at radius 2 is 1.89 bits per heavy atom. The van der Waals surface area contributed by atoms with Gasteiger partial charge in [0, 0.05) is 36.4 Å². The third-order valence-electron chi connectivity index (χ3n) is 5.15. The molecule has 1 saturated heterocycles. The first-order valence-electron chi connectivity index (χ1n) is 9.09. The fourth-order valence-corrected chi connectivity index (χ4v) is 3.23. The van der Waals surface area contributed by atoms with Gasteiger partial charge in [0.25, 0.3) is 11.8 Å². The molecule has 5 nitrogen and oxygen atoms in total. The summed E-state index contributed by atoms with van der Waals surface area (Å²) in [7, 11) is 0. The van der Waals surface area contributed by atoms with Crippen molar-refractivity contribution in [3.05, 3.63) is 65.0 Å². The van der Waals surface area contributed by atoms with Gasteiger partial charge in [-0.3, -0.25) is 9.59 Å². The molecule has 0 aromatic heterocycles. The maximum Gasteiger partial charge on any atom is 0.258 e. The summed E-state index contributed by atoms with van der Waals surface area (Å²) in [5, 5.41) is 6.08. The Morgan fingerprint density at radius 3 is 2.61 bits per heavy atom. The second-order valence-electron chi connectivity index (χ2n) is 6.95. The summed E-state index contributed by atoms with van der Waals surface area (Å²) in [5.41, 5.74) is 1.78. The number of hydrogen-bond acceptors (Lipinski definition) is 3. The Hall–Kier alpha value is -2.44. The van der Waals surface area contributed by atoms with E-state index in [0.29, 0.717) is 17.8 Å². The molecule has 0 bridgehead atoms. The van der Waals surface area contributed by atoms with Crippen LogP contribution in [0.3, 0.4) is 0 Å². The summed E-state index contributed by atoms with van der Waals surface area (Å²) in [6.07, 6.45) is 0. The molecule has 3 rings (SSSR count). The molecule has 2 aromatic carbocycles. The molecule has 1 aliphatic rings. The Kier molecular flexibility index (Phi) is 7.16. The number of hydrogen-bond donors (Lipinski definition) is 2. The average Bonchev–Trinajstić information content (AvgIpc) is 2.65. The Morgan fingerprint density at radius 1 is 1.18 bits per heavy atom. The van der Waals surface area contributed by atoms with Crippen molar-refractivity contribution in [2.45, 2.75) is 32.9 Å². The molecular weight excluding hydrogens is 381 g/mol. The fraction of sp³-hybridized carbons (Fsp3) is 0.333. The van der Waals surface area contributed by atoms with Gasteiger partial charge in [0.05, 0.1) is 5.56 Å². The summed E-state index contributed by atoms with van der Waals surface area (Å²) in [6, 6.07) is 11.3. The number of amides is 2. The number of halogens is 2. The number of carbonyl (C=O) groups excluding carboxylic acids is 2. The Labute approximate surface area is 170 Å². The van der Waals surface area contributed by atoms with Gasteiger partial charge in [-0.05, 0) is 50.6 Å². The Balaban J connectivity index is 0.00000280. The minimum absolute atomic E-state index is 0. The van der Waals surface area contributed by atoms with Crippen LogP contribution >= 0.6 is 12.4 Å². The highest BCUT2D eigenvalue weighted by atomic mass is 35.5. The van der Waals surface area contributed by atoms with Crippen LogP contribution in [0.15, 0.2) is 42.5 Å². The van der Waals surface area contributed by atoms with E-state index in [1.165, 1.54) is 18.2 Å². The van der Waals surface area contributed by atoms with Crippen molar-refractivity contribution in [3.63, 3.8) is 0 Å². The first-order chi connectivity index (χ1) is 12.9. The van der Waals surface area contributed by atoms with Gasteiger partial charge in [0.15, 0.2) is 0 Å². The number of carbonyl (C=O) groups is 2. The summed E-state index contributed by atoms with van der Waals surface area (Å²) in [4.78, 5) is 27.2. The van der Waals surface area contributed by atoms with Crippen molar-refractivity contribution in [3.8, 4) is 0 Å². The molecular formula is C21H25ClFN3O2. The van der Waals surface area contributed by atoms with Gasteiger partial charge in [-0.2, -0.15) is 0 Å². The van der Waals surface area contributed by atoms with Crippen LogP contribution in [0.5, 0.6) is 0 Å². The molecule has 28 heavy (non-hydrogen) atoms. The second kappa shape index (κ2) is 9.17. The number of nitrogens with one attached hydrogen (secondary N) is 2. The van der Waals surface area contributed by atoms with Gasteiger partial charge in [0.2, 0.25) is 0 Å². The summed E-state index contributed by atoms with van der Waals surface area (Å²) >= 11 is 0. The minimum atomic E-state index is -0.580. The van der Waals surface area contributed by atoms with Gasteiger partial charge in [-0.15, -0.1) is 12.4 Å². The highest BCUT2D eigenvalue weighted by molar-refractivity contribution is 6.05. The van der Waals surface area contributed by atoms with E-state index in [0.717, 1.165) is 12.1 Å². The highest BCUT2D eigenvalue weighted by Crippen LogP contribution is 2.21. The number of nitrogens with zero attached hydrogens (tertiary/aromatic N) is 1. The fourth-order valence-electron chi connectivity index (χ4n) is 3.23. The third kappa shape index (κ3) is 4.51. The van der Waals surface area contributed by atoms with E-state index < -0.39 is 11.7 Å². The maximum absolute atomic E-state index is 13.8. The van der Waals surface area contributed by atoms with E-state index in [2.05, 4.69) is 17.6 Å². The lowest BCUT2D eigenvalue weighted by Crippen LogP contribution is -2.57. The predicted molar refractivity (Wildman–Crippen MR) is 111 cm³/mol. The van der Waals surface area contributed by atoms with Crippen molar-refractivity contribution in [2.24, 2.45) is 0 Å². The SMILES string of the molecule is Cc1ccc(C(=O)N2CCNC(C)C2C)cc1NC(=O)c1ccccc1F.Cl. The smallest absolute Gasteiger partial charge is 0.258 e. The molecule has 0 radical (unpaired) electrons. The van der Waals surface area contributed by atoms with Crippen molar-refractivity contribution in [1.29, 1.82) is 0 Å². The first kappa shape index (κ1) is 21.9. The van der Waals surface area contributed by atoms with Crippen LogP contribution in [-0.4, -0.2) is 41.9 Å². The summed E-state index contributed by atoms with van der Waals surface area (Å²) in [5.74, 6) is -1.19. The zero-order chi connectivity index (χ0) is 19.6. The molecule has 0 aliphatic carbocycles. The van der Waals surface area contributed by atoms with Gasteiger partial charge in [-0.25, -0.2) is 4.39 Å². The molecule has 1 heterocycles. The van der Waals surface area contributed by atoms with Gasteiger partial charge in [-0.1, -0.05) is 18.2 Å². The molecule has 1 aliphatic heterocycles. The molecule has 7 heteroatoms. The molecule has 1 fully saturated rings. The van der Waals surface area contributed by atoms with E-state index in [1.54, 1.807) is 24.3 Å². The van der Waals surface area contributed by atoms with Crippen molar-refractivity contribution < 1.29 is 14.0 Å². The third-order valence-corrected chi connectivity index (χ3v) is 5.15. The highest BCUT2D eigenvalue weighted by Gasteiger charge is 2.29. The largest absolute Gasteiger partial charge is 0.333 e. The maximum atomic E-state index is 13.8. The van der Waals surface area contributed by atoms with Gasteiger partial charge in [0.1, 0.15) is 5.82 Å². The van der Waals surface area contributed by atoms with Crippen LogP contribution in [0.2, 0.25) is 0 Å². The standard InChI is InChI=1S/C21H24FN3O2.ClH/c1-13-8-9-16(21(27)25-11-10-23-14(2)15(25)3)12-19(13)24-20(26)17-6-4-5-7-18(17)22;/h4-9,12,14-15,23H,10-11H2,1-3H3,(H,24,26);1H. The first-order valence-corrected chi connectivity index (χ1v) is 9.09. The average molecular weight is 406 g/mol. The predicted octanol–water partition coefficient (Wildman–Crippen LogP) is 3.63. The minimum Gasteiger partial charge on any atom is -0.333 e. The lowest BCUT2D eigenvalue weighted by atomic mass is 10.0. The topological polar surface area (TPSA) is 61.4 Å². The zero-order valence-electron chi connectivity index (χ0n) is 16.2. The normalized spacial score (nSPS) is 18.9. The molecule has 2 unspecified atom stereocenters. The monoisotopic (exact) mass is 405 g/mol.